The first kappa shape index (κ1) is 14.9. The molecule has 2 aromatic carbocycles. The van der Waals surface area contributed by atoms with Gasteiger partial charge in [-0.15, -0.1) is 0 Å². The van der Waals surface area contributed by atoms with Crippen molar-refractivity contribution in [3.05, 3.63) is 53.6 Å². The molecular weight excluding hydrogens is 268 g/mol. The van der Waals surface area contributed by atoms with E-state index in [1.807, 2.05) is 0 Å². The Bertz CT molecular complexity index is 617. The molecule has 4 heteroatoms. The van der Waals surface area contributed by atoms with Crippen LogP contribution < -0.4 is 0 Å². The Balaban J connectivity index is 1.80. The molecule has 0 aliphatic carbocycles. The van der Waals surface area contributed by atoms with Gasteiger partial charge in [0.05, 0.1) is 0 Å². The molecule has 3 N–H and O–H groups in total. The highest BCUT2D eigenvalue weighted by Gasteiger charge is 2.07. The van der Waals surface area contributed by atoms with Crippen LogP contribution in [-0.2, 0) is 17.6 Å². The molecule has 0 fully saturated rings. The van der Waals surface area contributed by atoms with Crippen molar-refractivity contribution >= 4 is 5.78 Å². The van der Waals surface area contributed by atoms with Gasteiger partial charge in [-0.2, -0.15) is 0 Å². The van der Waals surface area contributed by atoms with E-state index in [0.29, 0.717) is 31.2 Å². The van der Waals surface area contributed by atoms with Crippen LogP contribution in [-0.4, -0.2) is 21.1 Å². The molecule has 0 atom stereocenters. The van der Waals surface area contributed by atoms with E-state index in [4.69, 9.17) is 0 Å². The van der Waals surface area contributed by atoms with Crippen molar-refractivity contribution in [3.8, 4) is 17.2 Å². The molecule has 0 amide bonds. The molecule has 21 heavy (non-hydrogen) atoms. The van der Waals surface area contributed by atoms with Crippen LogP contribution in [0.2, 0.25) is 0 Å². The fourth-order valence-corrected chi connectivity index (χ4v) is 2.11. The summed E-state index contributed by atoms with van der Waals surface area (Å²) in [6.45, 7) is 0. The quantitative estimate of drug-likeness (QED) is 0.763. The molecule has 4 nitrogen and oxygen atoms in total. The zero-order valence-electron chi connectivity index (χ0n) is 11.6. The lowest BCUT2D eigenvalue weighted by molar-refractivity contribution is -0.119. The number of hydrogen-bond donors (Lipinski definition) is 3. The van der Waals surface area contributed by atoms with E-state index in [0.717, 1.165) is 5.56 Å². The Kier molecular flexibility index (Phi) is 4.82. The molecule has 0 aliphatic heterocycles. The highest BCUT2D eigenvalue weighted by Crippen LogP contribution is 2.23. The van der Waals surface area contributed by atoms with E-state index < -0.39 is 0 Å². The summed E-state index contributed by atoms with van der Waals surface area (Å²) in [5.41, 5.74) is 1.67. The molecule has 0 spiro atoms. The Labute approximate surface area is 123 Å². The van der Waals surface area contributed by atoms with E-state index in [-0.39, 0.29) is 23.0 Å². The Hall–Kier alpha value is -2.49. The molecule has 0 aromatic heterocycles. The van der Waals surface area contributed by atoms with Crippen LogP contribution in [0.5, 0.6) is 17.2 Å². The minimum atomic E-state index is 0.00917. The lowest BCUT2D eigenvalue weighted by atomic mass is 10.0. The average molecular weight is 286 g/mol. The average Bonchev–Trinajstić information content (AvgIpc) is 2.46. The second kappa shape index (κ2) is 6.79. The van der Waals surface area contributed by atoms with Crippen LogP contribution in [0, 0.1) is 0 Å². The fraction of sp³-hybridized carbons (Fsp3) is 0.235. The molecule has 0 saturated carbocycles. The van der Waals surface area contributed by atoms with Gasteiger partial charge in [0.25, 0.3) is 0 Å². The topological polar surface area (TPSA) is 77.8 Å². The standard InChI is InChI=1S/C17H18O4/c18-14-6-1-12(2-7-14)3-8-15(19)9-4-13-5-10-16(20)11-17(13)21/h1-2,5-7,10-11,18,20-21H,3-4,8-9H2. The molecule has 0 saturated heterocycles. The van der Waals surface area contributed by atoms with Crippen LogP contribution in [0.25, 0.3) is 0 Å². The van der Waals surface area contributed by atoms with Crippen molar-refractivity contribution in [2.75, 3.05) is 0 Å². The van der Waals surface area contributed by atoms with E-state index in [2.05, 4.69) is 0 Å². The SMILES string of the molecule is O=C(CCc1ccc(O)cc1)CCc1ccc(O)cc1O. The van der Waals surface area contributed by atoms with Gasteiger partial charge in [0.2, 0.25) is 0 Å². The summed E-state index contributed by atoms with van der Waals surface area (Å²) >= 11 is 0. The second-order valence-electron chi connectivity index (χ2n) is 5.02. The summed E-state index contributed by atoms with van der Waals surface area (Å²) in [4.78, 5) is 11.9. The fourth-order valence-electron chi connectivity index (χ4n) is 2.11. The smallest absolute Gasteiger partial charge is 0.133 e. The van der Waals surface area contributed by atoms with E-state index in [9.17, 15) is 20.1 Å². The van der Waals surface area contributed by atoms with Gasteiger partial charge in [-0.3, -0.25) is 4.79 Å². The summed E-state index contributed by atoms with van der Waals surface area (Å²) in [5, 5.41) is 28.0. The maximum Gasteiger partial charge on any atom is 0.133 e. The molecule has 2 rings (SSSR count). The van der Waals surface area contributed by atoms with E-state index >= 15 is 0 Å². The third-order valence-corrected chi connectivity index (χ3v) is 3.37. The minimum absolute atomic E-state index is 0.00917. The van der Waals surface area contributed by atoms with Crippen molar-refractivity contribution in [2.24, 2.45) is 0 Å². The van der Waals surface area contributed by atoms with Gasteiger partial charge >= 0.3 is 0 Å². The van der Waals surface area contributed by atoms with E-state index in [1.54, 1.807) is 30.3 Å². The summed E-state index contributed by atoms with van der Waals surface area (Å²) in [5.74, 6) is 0.361. The number of aryl methyl sites for hydroxylation is 2. The van der Waals surface area contributed by atoms with Crippen molar-refractivity contribution in [1.82, 2.24) is 0 Å². The number of carbonyl (C=O) groups excluding carboxylic acids is 1. The number of carbonyl (C=O) groups is 1. The first-order chi connectivity index (χ1) is 10.0. The molecule has 0 radical (unpaired) electrons. The third-order valence-electron chi connectivity index (χ3n) is 3.37. The van der Waals surface area contributed by atoms with Gasteiger partial charge in [-0.25, -0.2) is 0 Å². The lowest BCUT2D eigenvalue weighted by Crippen LogP contribution is -2.02. The Morgan fingerprint density at radius 1 is 0.810 bits per heavy atom. The second-order valence-corrected chi connectivity index (χ2v) is 5.02. The van der Waals surface area contributed by atoms with Crippen LogP contribution in [0.3, 0.4) is 0 Å². The number of phenolic OH excluding ortho intramolecular Hbond substituents is 3. The zero-order valence-corrected chi connectivity index (χ0v) is 11.6. The highest BCUT2D eigenvalue weighted by molar-refractivity contribution is 5.79. The summed E-state index contributed by atoms with van der Waals surface area (Å²) in [6, 6.07) is 11.2. The van der Waals surface area contributed by atoms with Gasteiger partial charge in [0, 0.05) is 18.9 Å². The zero-order chi connectivity index (χ0) is 15.2. The van der Waals surface area contributed by atoms with Crippen molar-refractivity contribution < 1.29 is 20.1 Å². The van der Waals surface area contributed by atoms with Gasteiger partial charge in [0.1, 0.15) is 23.0 Å². The van der Waals surface area contributed by atoms with Gasteiger partial charge < -0.3 is 15.3 Å². The molecule has 2 aromatic rings. The first-order valence-electron chi connectivity index (χ1n) is 6.85. The summed E-state index contributed by atoms with van der Waals surface area (Å²) in [6.07, 6.45) is 1.89. The lowest BCUT2D eigenvalue weighted by Gasteiger charge is -2.05. The minimum Gasteiger partial charge on any atom is -0.508 e. The molecule has 0 unspecified atom stereocenters. The van der Waals surface area contributed by atoms with Gasteiger partial charge in [0.15, 0.2) is 0 Å². The normalized spacial score (nSPS) is 10.5. The summed E-state index contributed by atoms with van der Waals surface area (Å²) in [7, 11) is 0. The van der Waals surface area contributed by atoms with Crippen molar-refractivity contribution in [2.45, 2.75) is 25.7 Å². The van der Waals surface area contributed by atoms with Crippen molar-refractivity contribution in [1.29, 1.82) is 0 Å². The highest BCUT2D eigenvalue weighted by atomic mass is 16.3. The van der Waals surface area contributed by atoms with E-state index in [1.165, 1.54) is 12.1 Å². The number of hydrogen-bond acceptors (Lipinski definition) is 4. The molecular formula is C17H18O4. The third kappa shape index (κ3) is 4.53. The maximum atomic E-state index is 11.9. The van der Waals surface area contributed by atoms with Gasteiger partial charge in [-0.05, 0) is 42.2 Å². The largest absolute Gasteiger partial charge is 0.508 e. The van der Waals surface area contributed by atoms with Crippen molar-refractivity contribution in [3.63, 3.8) is 0 Å². The predicted molar refractivity (Wildman–Crippen MR) is 79.5 cm³/mol. The van der Waals surface area contributed by atoms with Crippen LogP contribution in [0.15, 0.2) is 42.5 Å². The Morgan fingerprint density at radius 3 is 2.10 bits per heavy atom. The number of ketones is 1. The number of Topliss-reactive ketones (excluding diaryl/α,β-unsaturated/α-hetero) is 1. The molecule has 0 bridgehead atoms. The first-order valence-corrected chi connectivity index (χ1v) is 6.85. The Morgan fingerprint density at radius 2 is 1.43 bits per heavy atom. The summed E-state index contributed by atoms with van der Waals surface area (Å²) < 4.78 is 0. The van der Waals surface area contributed by atoms with Gasteiger partial charge in [-0.1, -0.05) is 18.2 Å². The molecule has 0 heterocycles. The van der Waals surface area contributed by atoms with Crippen LogP contribution in [0.4, 0.5) is 0 Å². The number of rotatable bonds is 6. The van der Waals surface area contributed by atoms with Crippen LogP contribution in [0.1, 0.15) is 24.0 Å². The maximum absolute atomic E-state index is 11.9. The number of aromatic hydroxyl groups is 3. The molecule has 0 aliphatic rings. The predicted octanol–water partition coefficient (Wildman–Crippen LogP) is 2.94. The van der Waals surface area contributed by atoms with Crippen LogP contribution >= 0.6 is 0 Å². The molecule has 110 valence electrons. The monoisotopic (exact) mass is 286 g/mol. The number of benzene rings is 2. The number of phenols is 3.